The minimum atomic E-state index is -2.98. The second kappa shape index (κ2) is 8.13. The van der Waals surface area contributed by atoms with E-state index in [1.807, 2.05) is 36.6 Å². The highest BCUT2D eigenvalue weighted by atomic mass is 32.1. The van der Waals surface area contributed by atoms with Gasteiger partial charge in [0.05, 0.1) is 12.8 Å². The van der Waals surface area contributed by atoms with E-state index in [1.54, 1.807) is 0 Å². The molecule has 1 aromatic heterocycles. The van der Waals surface area contributed by atoms with Crippen molar-refractivity contribution >= 4 is 22.4 Å². The van der Waals surface area contributed by atoms with Crippen molar-refractivity contribution in [2.24, 2.45) is 0 Å². The van der Waals surface area contributed by atoms with Crippen molar-refractivity contribution < 1.29 is 23.0 Å². The Kier molecular flexibility index (Phi) is 5.66. The maximum atomic E-state index is 12.4. The van der Waals surface area contributed by atoms with Gasteiger partial charge in [-0.1, -0.05) is 24.3 Å². The van der Waals surface area contributed by atoms with E-state index >= 15 is 0 Å². The first-order valence-corrected chi connectivity index (χ1v) is 8.81. The van der Waals surface area contributed by atoms with Gasteiger partial charge in [-0.3, -0.25) is 10.1 Å². The van der Waals surface area contributed by atoms with Crippen LogP contribution in [-0.4, -0.2) is 24.6 Å². The van der Waals surface area contributed by atoms with Gasteiger partial charge in [0.2, 0.25) is 0 Å². The number of amides is 1. The normalized spacial score (nSPS) is 10.7. The lowest BCUT2D eigenvalue weighted by atomic mass is 10.1. The first kappa shape index (κ1) is 18.8. The molecule has 0 unspecified atom stereocenters. The van der Waals surface area contributed by atoms with Crippen LogP contribution >= 0.6 is 11.3 Å². The van der Waals surface area contributed by atoms with E-state index < -0.39 is 12.5 Å². The summed E-state index contributed by atoms with van der Waals surface area (Å²) >= 11 is 1.30. The predicted molar refractivity (Wildman–Crippen MR) is 99.9 cm³/mol. The van der Waals surface area contributed by atoms with Crippen LogP contribution < -0.4 is 14.8 Å². The number of rotatable bonds is 6. The molecule has 0 saturated heterocycles. The van der Waals surface area contributed by atoms with E-state index in [2.05, 4.69) is 15.0 Å². The van der Waals surface area contributed by atoms with Crippen LogP contribution in [-0.2, 0) is 0 Å². The molecule has 0 bridgehead atoms. The maximum Gasteiger partial charge on any atom is 0.387 e. The van der Waals surface area contributed by atoms with E-state index in [4.69, 9.17) is 4.74 Å². The number of methoxy groups -OCH3 is 1. The summed E-state index contributed by atoms with van der Waals surface area (Å²) in [7, 11) is 1.31. The summed E-state index contributed by atoms with van der Waals surface area (Å²) in [6.45, 7) is -0.990. The van der Waals surface area contributed by atoms with Gasteiger partial charge in [-0.2, -0.15) is 8.78 Å². The van der Waals surface area contributed by atoms with Crippen molar-refractivity contribution in [1.29, 1.82) is 0 Å². The molecule has 1 N–H and O–H groups in total. The number of benzene rings is 2. The Hall–Kier alpha value is -3.00. The van der Waals surface area contributed by atoms with E-state index in [0.29, 0.717) is 5.13 Å². The molecule has 0 aliphatic heterocycles. The molecule has 8 heteroatoms. The average Bonchev–Trinajstić information content (AvgIpc) is 3.10. The zero-order valence-electron chi connectivity index (χ0n) is 14.5. The Morgan fingerprint density at radius 2 is 1.96 bits per heavy atom. The Morgan fingerprint density at radius 1 is 1.19 bits per heavy atom. The molecular formula is C19H16F2N2O3S. The van der Waals surface area contributed by atoms with Gasteiger partial charge in [-0.15, -0.1) is 11.3 Å². The monoisotopic (exact) mass is 390 g/mol. The molecule has 27 heavy (non-hydrogen) atoms. The van der Waals surface area contributed by atoms with Crippen molar-refractivity contribution in [3.8, 4) is 22.8 Å². The smallest absolute Gasteiger partial charge is 0.387 e. The Balaban J connectivity index is 1.77. The summed E-state index contributed by atoms with van der Waals surface area (Å²) in [5.41, 5.74) is 3.08. The lowest BCUT2D eigenvalue weighted by Crippen LogP contribution is -2.12. The summed E-state index contributed by atoms with van der Waals surface area (Å²) in [6, 6.07) is 11.8. The molecular weight excluding hydrogens is 374 g/mol. The quantitative estimate of drug-likeness (QED) is 0.645. The van der Waals surface area contributed by atoms with Crippen molar-refractivity contribution in [2.45, 2.75) is 13.5 Å². The van der Waals surface area contributed by atoms with Gasteiger partial charge in [-0.05, 0) is 30.7 Å². The molecule has 5 nitrogen and oxygen atoms in total. The number of anilines is 1. The largest absolute Gasteiger partial charge is 0.493 e. The number of aryl methyl sites for hydroxylation is 1. The van der Waals surface area contributed by atoms with E-state index in [-0.39, 0.29) is 17.1 Å². The number of nitrogens with one attached hydrogen (secondary N) is 1. The highest BCUT2D eigenvalue weighted by molar-refractivity contribution is 7.14. The van der Waals surface area contributed by atoms with Gasteiger partial charge in [-0.25, -0.2) is 4.98 Å². The number of alkyl halides is 2. The number of ether oxygens (including phenoxy) is 2. The summed E-state index contributed by atoms with van der Waals surface area (Å²) in [4.78, 5) is 16.9. The van der Waals surface area contributed by atoms with Crippen LogP contribution in [0.1, 0.15) is 15.9 Å². The maximum absolute atomic E-state index is 12.4. The fourth-order valence-corrected chi connectivity index (χ4v) is 3.19. The van der Waals surface area contributed by atoms with Crippen molar-refractivity contribution in [2.75, 3.05) is 12.4 Å². The fraction of sp³-hybridized carbons (Fsp3) is 0.158. The second-order valence-corrected chi connectivity index (χ2v) is 6.41. The summed E-state index contributed by atoms with van der Waals surface area (Å²) in [6.07, 6.45) is 0. The minimum Gasteiger partial charge on any atom is -0.493 e. The topological polar surface area (TPSA) is 60.5 Å². The van der Waals surface area contributed by atoms with E-state index in [1.165, 1.54) is 36.6 Å². The van der Waals surface area contributed by atoms with Crippen LogP contribution in [0.3, 0.4) is 0 Å². The van der Waals surface area contributed by atoms with Crippen LogP contribution in [0, 0.1) is 6.92 Å². The molecule has 0 atom stereocenters. The van der Waals surface area contributed by atoms with Gasteiger partial charge in [0.15, 0.2) is 16.6 Å². The summed E-state index contributed by atoms with van der Waals surface area (Å²) < 4.78 is 34.1. The minimum absolute atomic E-state index is 0.0442. The summed E-state index contributed by atoms with van der Waals surface area (Å²) in [5, 5.41) is 5.00. The molecule has 3 rings (SSSR count). The van der Waals surface area contributed by atoms with E-state index in [9.17, 15) is 13.6 Å². The number of carbonyl (C=O) groups is 1. The highest BCUT2D eigenvalue weighted by Crippen LogP contribution is 2.31. The number of halogens is 2. The zero-order valence-corrected chi connectivity index (χ0v) is 15.3. The van der Waals surface area contributed by atoms with Gasteiger partial charge in [0, 0.05) is 16.5 Å². The van der Waals surface area contributed by atoms with Gasteiger partial charge < -0.3 is 9.47 Å². The average molecular weight is 390 g/mol. The summed E-state index contributed by atoms with van der Waals surface area (Å²) in [5.74, 6) is -0.523. The third kappa shape index (κ3) is 4.40. The molecule has 3 aromatic rings. The zero-order chi connectivity index (χ0) is 19.4. The van der Waals surface area contributed by atoms with Crippen molar-refractivity contribution in [3.05, 3.63) is 59.0 Å². The lowest BCUT2D eigenvalue weighted by molar-refractivity contribution is -0.0512. The first-order valence-electron chi connectivity index (χ1n) is 7.93. The highest BCUT2D eigenvalue weighted by Gasteiger charge is 2.15. The van der Waals surface area contributed by atoms with Gasteiger partial charge in [0.25, 0.3) is 5.91 Å². The molecule has 2 aromatic carbocycles. The molecule has 0 aliphatic carbocycles. The van der Waals surface area contributed by atoms with Crippen LogP contribution in [0.25, 0.3) is 11.3 Å². The van der Waals surface area contributed by atoms with Crippen LogP contribution in [0.2, 0.25) is 0 Å². The fourth-order valence-electron chi connectivity index (χ4n) is 2.49. The van der Waals surface area contributed by atoms with Gasteiger partial charge >= 0.3 is 6.61 Å². The third-order valence-electron chi connectivity index (χ3n) is 3.79. The molecule has 0 fully saturated rings. The Bertz CT molecular complexity index is 960. The first-order chi connectivity index (χ1) is 13.0. The molecule has 140 valence electrons. The number of thiazole rings is 1. The molecule has 0 radical (unpaired) electrons. The number of carbonyl (C=O) groups excluding carboxylic acids is 1. The number of hydrogen-bond donors (Lipinski definition) is 1. The third-order valence-corrected chi connectivity index (χ3v) is 4.55. The predicted octanol–water partition coefficient (Wildman–Crippen LogP) is 4.98. The van der Waals surface area contributed by atoms with Crippen molar-refractivity contribution in [1.82, 2.24) is 4.98 Å². The Labute approximate surface area is 158 Å². The number of hydrogen-bond acceptors (Lipinski definition) is 5. The number of aromatic nitrogens is 1. The molecule has 1 amide bonds. The van der Waals surface area contributed by atoms with Crippen LogP contribution in [0.5, 0.6) is 11.5 Å². The molecule has 1 heterocycles. The van der Waals surface area contributed by atoms with E-state index in [0.717, 1.165) is 16.8 Å². The standard InChI is InChI=1S/C19H16F2N2O3S/c1-11-5-3-4-6-13(11)14-10-27-19(22-14)23-17(24)12-7-8-15(26-18(20)21)16(9-12)25-2/h3-10,18H,1-2H3,(H,22,23,24). The Morgan fingerprint density at radius 3 is 2.67 bits per heavy atom. The number of nitrogens with zero attached hydrogens (tertiary/aromatic N) is 1. The second-order valence-electron chi connectivity index (χ2n) is 5.55. The SMILES string of the molecule is COc1cc(C(=O)Nc2nc(-c3ccccc3C)cs2)ccc1OC(F)F. The lowest BCUT2D eigenvalue weighted by Gasteiger charge is -2.11. The van der Waals surface area contributed by atoms with Crippen LogP contribution in [0.4, 0.5) is 13.9 Å². The van der Waals surface area contributed by atoms with Gasteiger partial charge in [0.1, 0.15) is 0 Å². The molecule has 0 aliphatic rings. The van der Waals surface area contributed by atoms with Crippen molar-refractivity contribution in [3.63, 3.8) is 0 Å². The molecule has 0 spiro atoms. The molecule has 0 saturated carbocycles. The van der Waals surface area contributed by atoms with Crippen LogP contribution in [0.15, 0.2) is 47.8 Å².